The Bertz CT molecular complexity index is 369. The van der Waals surface area contributed by atoms with Crippen LogP contribution in [0, 0.1) is 6.92 Å². The van der Waals surface area contributed by atoms with E-state index in [1.807, 2.05) is 0 Å². The van der Waals surface area contributed by atoms with Gasteiger partial charge in [0, 0.05) is 0 Å². The summed E-state index contributed by atoms with van der Waals surface area (Å²) in [4.78, 5) is 0. The molecule has 1 rings (SSSR count). The zero-order valence-corrected chi connectivity index (χ0v) is 7.21. The molecule has 0 radical (unpaired) electrons. The fourth-order valence-electron chi connectivity index (χ4n) is 0.789. The SMILES string of the molecule is Cc1cccc(OS(=O)(=O)O)c1. The van der Waals surface area contributed by atoms with Crippen molar-refractivity contribution in [3.05, 3.63) is 29.8 Å². The summed E-state index contributed by atoms with van der Waals surface area (Å²) in [7, 11) is -4.39. The summed E-state index contributed by atoms with van der Waals surface area (Å²) in [5, 5.41) is 0. The Kier molecular flexibility index (Phi) is 2.35. The van der Waals surface area contributed by atoms with Crippen LogP contribution in [0.3, 0.4) is 0 Å². The van der Waals surface area contributed by atoms with Crippen molar-refractivity contribution in [3.8, 4) is 5.75 Å². The minimum Gasteiger partial charge on any atom is -0.362 e. The van der Waals surface area contributed by atoms with Crippen LogP contribution in [0.15, 0.2) is 24.3 Å². The molecule has 0 atom stereocenters. The van der Waals surface area contributed by atoms with E-state index in [0.29, 0.717) is 0 Å². The van der Waals surface area contributed by atoms with Crippen LogP contribution in [0.25, 0.3) is 0 Å². The molecule has 66 valence electrons. The highest BCUT2D eigenvalue weighted by molar-refractivity contribution is 7.81. The van der Waals surface area contributed by atoms with Gasteiger partial charge in [0.15, 0.2) is 0 Å². The summed E-state index contributed by atoms with van der Waals surface area (Å²) >= 11 is 0. The van der Waals surface area contributed by atoms with E-state index < -0.39 is 10.4 Å². The Morgan fingerprint density at radius 2 is 2.08 bits per heavy atom. The van der Waals surface area contributed by atoms with Crippen LogP contribution >= 0.6 is 0 Å². The zero-order chi connectivity index (χ0) is 9.19. The van der Waals surface area contributed by atoms with Crippen molar-refractivity contribution in [2.45, 2.75) is 6.92 Å². The molecule has 0 aliphatic carbocycles. The summed E-state index contributed by atoms with van der Waals surface area (Å²) in [6.07, 6.45) is 0. The second kappa shape index (κ2) is 3.12. The van der Waals surface area contributed by atoms with Crippen LogP contribution in [-0.4, -0.2) is 13.0 Å². The molecule has 5 heteroatoms. The lowest BCUT2D eigenvalue weighted by Gasteiger charge is -2.00. The van der Waals surface area contributed by atoms with E-state index in [9.17, 15) is 8.42 Å². The smallest absolute Gasteiger partial charge is 0.362 e. The van der Waals surface area contributed by atoms with Crippen LogP contribution in [0.4, 0.5) is 0 Å². The van der Waals surface area contributed by atoms with Gasteiger partial charge in [0.25, 0.3) is 0 Å². The van der Waals surface area contributed by atoms with Gasteiger partial charge in [-0.2, -0.15) is 8.42 Å². The summed E-state index contributed by atoms with van der Waals surface area (Å²) in [6, 6.07) is 6.38. The molecule has 0 aliphatic heterocycles. The third kappa shape index (κ3) is 2.89. The second-order valence-corrected chi connectivity index (χ2v) is 3.35. The fourth-order valence-corrected chi connectivity index (χ4v) is 1.14. The molecule has 0 unspecified atom stereocenters. The molecule has 0 aliphatic rings. The number of hydrogen-bond donors (Lipinski definition) is 1. The highest BCUT2D eigenvalue weighted by atomic mass is 32.3. The standard InChI is InChI=1S/C7H8O4S/c1-6-3-2-4-7(5-6)11-12(8,9)10/h2-5H,1H3,(H,8,9,10). The molecule has 4 nitrogen and oxygen atoms in total. The van der Waals surface area contributed by atoms with Gasteiger partial charge in [-0.15, -0.1) is 0 Å². The largest absolute Gasteiger partial charge is 0.446 e. The molecule has 1 aromatic rings. The molecule has 0 aromatic heterocycles. The van der Waals surface area contributed by atoms with E-state index in [-0.39, 0.29) is 5.75 Å². The maximum atomic E-state index is 10.2. The molecule has 0 fully saturated rings. The maximum absolute atomic E-state index is 10.2. The lowest BCUT2D eigenvalue weighted by atomic mass is 10.2. The third-order valence-corrected chi connectivity index (χ3v) is 1.59. The van der Waals surface area contributed by atoms with Crippen molar-refractivity contribution in [2.75, 3.05) is 0 Å². The maximum Gasteiger partial charge on any atom is 0.446 e. The lowest BCUT2D eigenvalue weighted by molar-refractivity contribution is 0.387. The fraction of sp³-hybridized carbons (Fsp3) is 0.143. The van der Waals surface area contributed by atoms with Crippen molar-refractivity contribution in [1.82, 2.24) is 0 Å². The minimum absolute atomic E-state index is 0.109. The first-order valence-corrected chi connectivity index (χ1v) is 4.57. The van der Waals surface area contributed by atoms with E-state index >= 15 is 0 Å². The molecule has 1 aromatic carbocycles. The molecule has 0 spiro atoms. The van der Waals surface area contributed by atoms with Crippen molar-refractivity contribution < 1.29 is 17.2 Å². The van der Waals surface area contributed by atoms with Gasteiger partial charge in [-0.1, -0.05) is 12.1 Å². The average Bonchev–Trinajstić information content (AvgIpc) is 1.82. The van der Waals surface area contributed by atoms with Gasteiger partial charge in [0.2, 0.25) is 0 Å². The number of aryl methyl sites for hydroxylation is 1. The first-order chi connectivity index (χ1) is 5.47. The summed E-state index contributed by atoms with van der Waals surface area (Å²) < 4.78 is 33.0. The van der Waals surface area contributed by atoms with Gasteiger partial charge in [0.1, 0.15) is 5.75 Å². The molecule has 0 saturated heterocycles. The van der Waals surface area contributed by atoms with Gasteiger partial charge < -0.3 is 4.18 Å². The molecule has 12 heavy (non-hydrogen) atoms. The quantitative estimate of drug-likeness (QED) is 0.708. The van der Waals surface area contributed by atoms with Crippen LogP contribution in [0.1, 0.15) is 5.56 Å². The Morgan fingerprint density at radius 3 is 2.58 bits per heavy atom. The first kappa shape index (κ1) is 9.02. The Labute approximate surface area is 70.7 Å². The highest BCUT2D eigenvalue weighted by Gasteiger charge is 2.05. The predicted molar refractivity (Wildman–Crippen MR) is 43.4 cm³/mol. The van der Waals surface area contributed by atoms with E-state index in [4.69, 9.17) is 4.55 Å². The molecule has 0 amide bonds. The molecule has 0 saturated carbocycles. The van der Waals surface area contributed by atoms with Crippen LogP contribution in [0.2, 0.25) is 0 Å². The van der Waals surface area contributed by atoms with Gasteiger partial charge >= 0.3 is 10.4 Å². The number of benzene rings is 1. The summed E-state index contributed by atoms with van der Waals surface area (Å²) in [5.74, 6) is 0.109. The number of hydrogen-bond acceptors (Lipinski definition) is 3. The van der Waals surface area contributed by atoms with Gasteiger partial charge in [-0.25, -0.2) is 0 Å². The molecular weight excluding hydrogens is 180 g/mol. The predicted octanol–water partition coefficient (Wildman–Crippen LogP) is 1.18. The first-order valence-electron chi connectivity index (χ1n) is 3.21. The Balaban J connectivity index is 2.91. The molecule has 0 heterocycles. The minimum atomic E-state index is -4.39. The molecule has 0 bridgehead atoms. The Hall–Kier alpha value is -1.07. The van der Waals surface area contributed by atoms with Gasteiger partial charge in [-0.05, 0) is 24.6 Å². The van der Waals surface area contributed by atoms with Crippen LogP contribution in [0.5, 0.6) is 5.75 Å². The third-order valence-electron chi connectivity index (χ3n) is 1.19. The topological polar surface area (TPSA) is 63.6 Å². The molecule has 1 N–H and O–H groups in total. The zero-order valence-electron chi connectivity index (χ0n) is 6.39. The van der Waals surface area contributed by atoms with Gasteiger partial charge in [-0.3, -0.25) is 4.55 Å². The highest BCUT2D eigenvalue weighted by Crippen LogP contribution is 2.13. The van der Waals surface area contributed by atoms with Crippen molar-refractivity contribution in [3.63, 3.8) is 0 Å². The normalized spacial score (nSPS) is 11.2. The van der Waals surface area contributed by atoms with Crippen molar-refractivity contribution in [1.29, 1.82) is 0 Å². The van der Waals surface area contributed by atoms with E-state index in [1.54, 1.807) is 19.1 Å². The summed E-state index contributed by atoms with van der Waals surface area (Å²) in [6.45, 7) is 1.79. The van der Waals surface area contributed by atoms with Crippen molar-refractivity contribution >= 4 is 10.4 Å². The van der Waals surface area contributed by atoms with Crippen LogP contribution in [-0.2, 0) is 10.4 Å². The van der Waals surface area contributed by atoms with E-state index in [1.165, 1.54) is 12.1 Å². The van der Waals surface area contributed by atoms with E-state index in [0.717, 1.165) is 5.56 Å². The monoisotopic (exact) mass is 188 g/mol. The number of rotatable bonds is 2. The summed E-state index contributed by atoms with van der Waals surface area (Å²) in [5.41, 5.74) is 0.858. The van der Waals surface area contributed by atoms with Crippen molar-refractivity contribution in [2.24, 2.45) is 0 Å². The van der Waals surface area contributed by atoms with Crippen LogP contribution < -0.4 is 4.18 Å². The molecular formula is C7H8O4S. The average molecular weight is 188 g/mol. The Morgan fingerprint density at radius 1 is 1.42 bits per heavy atom. The van der Waals surface area contributed by atoms with E-state index in [2.05, 4.69) is 4.18 Å². The second-order valence-electron chi connectivity index (χ2n) is 2.33. The lowest BCUT2D eigenvalue weighted by Crippen LogP contribution is -2.06. The van der Waals surface area contributed by atoms with Gasteiger partial charge in [0.05, 0.1) is 0 Å².